The largest absolute Gasteiger partial charge is 0.486 e. The van der Waals surface area contributed by atoms with Crippen LogP contribution in [0.25, 0.3) is 6.08 Å². The zero-order valence-electron chi connectivity index (χ0n) is 14.1. The van der Waals surface area contributed by atoms with Crippen LogP contribution in [0.15, 0.2) is 47.1 Å². The van der Waals surface area contributed by atoms with Gasteiger partial charge in [-0.25, -0.2) is 4.79 Å². The van der Waals surface area contributed by atoms with Crippen molar-refractivity contribution in [1.82, 2.24) is 10.9 Å². The highest BCUT2D eigenvalue weighted by Crippen LogP contribution is 2.31. The van der Waals surface area contributed by atoms with Crippen LogP contribution < -0.4 is 20.3 Å². The van der Waals surface area contributed by atoms with E-state index in [0.717, 1.165) is 0 Å². The smallest absolute Gasteiger partial charge is 0.331 e. The molecule has 0 bridgehead atoms. The Bertz CT molecular complexity index is 859. The third kappa shape index (κ3) is 5.11. The van der Waals surface area contributed by atoms with Gasteiger partial charge in [-0.2, -0.15) is 0 Å². The van der Waals surface area contributed by atoms with Crippen LogP contribution in [0.3, 0.4) is 0 Å². The minimum absolute atomic E-state index is 0.0367. The van der Waals surface area contributed by atoms with E-state index in [0.29, 0.717) is 30.3 Å². The number of furan rings is 1. The maximum absolute atomic E-state index is 11.7. The molecular formula is C18H16N2O7. The van der Waals surface area contributed by atoms with Gasteiger partial charge in [-0.1, -0.05) is 6.07 Å². The maximum atomic E-state index is 11.7. The average molecular weight is 372 g/mol. The van der Waals surface area contributed by atoms with E-state index in [2.05, 4.69) is 10.9 Å². The lowest BCUT2D eigenvalue weighted by Gasteiger charge is -2.18. The molecule has 0 unspecified atom stereocenters. The summed E-state index contributed by atoms with van der Waals surface area (Å²) in [6.45, 7) is 0.412. The number of hydrogen-bond acceptors (Lipinski definition) is 7. The molecule has 2 amide bonds. The number of hydrogen-bond donors (Lipinski definition) is 2. The van der Waals surface area contributed by atoms with Crippen LogP contribution in [0, 0.1) is 0 Å². The van der Waals surface area contributed by atoms with Crippen LogP contribution in [-0.2, 0) is 14.3 Å². The molecule has 2 heterocycles. The summed E-state index contributed by atoms with van der Waals surface area (Å²) in [5.74, 6) is -0.751. The zero-order chi connectivity index (χ0) is 19.1. The lowest BCUT2D eigenvalue weighted by molar-refractivity contribution is -0.144. The fraction of sp³-hybridized carbons (Fsp3) is 0.167. The van der Waals surface area contributed by atoms with Crippen molar-refractivity contribution in [3.63, 3.8) is 0 Å². The van der Waals surface area contributed by atoms with E-state index in [1.165, 1.54) is 30.5 Å². The maximum Gasteiger partial charge on any atom is 0.331 e. The summed E-state index contributed by atoms with van der Waals surface area (Å²) >= 11 is 0. The monoisotopic (exact) mass is 372 g/mol. The SMILES string of the molecule is O=C(COC(=O)/C=C/c1ccc2c(c1)OCCO2)NNC(=O)c1ccco1. The van der Waals surface area contributed by atoms with Crippen LogP contribution in [0.2, 0.25) is 0 Å². The van der Waals surface area contributed by atoms with Crippen molar-refractivity contribution in [1.29, 1.82) is 0 Å². The minimum Gasteiger partial charge on any atom is -0.486 e. The summed E-state index contributed by atoms with van der Waals surface area (Å²) in [4.78, 5) is 34.8. The van der Waals surface area contributed by atoms with Gasteiger partial charge in [0.05, 0.1) is 6.26 Å². The highest BCUT2D eigenvalue weighted by atomic mass is 16.6. The number of rotatable bonds is 5. The Morgan fingerprint density at radius 3 is 2.67 bits per heavy atom. The molecule has 9 heteroatoms. The highest BCUT2D eigenvalue weighted by molar-refractivity contribution is 5.93. The molecule has 0 saturated heterocycles. The molecule has 0 radical (unpaired) electrons. The van der Waals surface area contributed by atoms with Crippen LogP contribution >= 0.6 is 0 Å². The summed E-state index contributed by atoms with van der Waals surface area (Å²) < 4.78 is 20.5. The fourth-order valence-corrected chi connectivity index (χ4v) is 2.14. The first kappa shape index (κ1) is 18.1. The summed E-state index contributed by atoms with van der Waals surface area (Å²) in [6, 6.07) is 8.20. The molecule has 140 valence electrons. The normalized spacial score (nSPS) is 12.4. The van der Waals surface area contributed by atoms with Crippen molar-refractivity contribution in [2.75, 3.05) is 19.8 Å². The number of carbonyl (C=O) groups excluding carboxylic acids is 3. The van der Waals surface area contributed by atoms with Crippen molar-refractivity contribution in [3.8, 4) is 11.5 Å². The second-order valence-corrected chi connectivity index (χ2v) is 5.32. The topological polar surface area (TPSA) is 116 Å². The summed E-state index contributed by atoms with van der Waals surface area (Å²) in [7, 11) is 0. The molecule has 27 heavy (non-hydrogen) atoms. The van der Waals surface area contributed by atoms with Gasteiger partial charge in [0.1, 0.15) is 13.2 Å². The van der Waals surface area contributed by atoms with E-state index in [1.807, 2.05) is 0 Å². The number of fused-ring (bicyclic) bond motifs is 1. The molecule has 9 nitrogen and oxygen atoms in total. The molecule has 1 aliphatic heterocycles. The third-order valence-electron chi connectivity index (χ3n) is 3.38. The predicted molar refractivity (Wildman–Crippen MR) is 91.7 cm³/mol. The number of carbonyl (C=O) groups is 3. The van der Waals surface area contributed by atoms with Gasteiger partial charge >= 0.3 is 11.9 Å². The Morgan fingerprint density at radius 1 is 1.07 bits per heavy atom. The number of amides is 2. The molecule has 1 aliphatic rings. The van der Waals surface area contributed by atoms with Crippen molar-refractivity contribution >= 4 is 23.9 Å². The number of hydrazine groups is 1. The molecule has 0 spiro atoms. The molecule has 1 aromatic carbocycles. The van der Waals surface area contributed by atoms with Gasteiger partial charge in [0, 0.05) is 6.08 Å². The second-order valence-electron chi connectivity index (χ2n) is 5.32. The molecule has 0 fully saturated rings. The first-order valence-electron chi connectivity index (χ1n) is 7.99. The molecule has 2 N–H and O–H groups in total. The first-order valence-corrected chi connectivity index (χ1v) is 7.99. The van der Waals surface area contributed by atoms with Crippen molar-refractivity contribution < 1.29 is 33.0 Å². The van der Waals surface area contributed by atoms with Gasteiger partial charge in [-0.3, -0.25) is 20.4 Å². The molecular weight excluding hydrogens is 356 g/mol. The fourth-order valence-electron chi connectivity index (χ4n) is 2.14. The van der Waals surface area contributed by atoms with Crippen LogP contribution in [-0.4, -0.2) is 37.6 Å². The van der Waals surface area contributed by atoms with Gasteiger partial charge in [0.15, 0.2) is 23.9 Å². The molecule has 3 rings (SSSR count). The Hall–Kier alpha value is -3.75. The van der Waals surface area contributed by atoms with Gasteiger partial charge in [-0.15, -0.1) is 0 Å². The van der Waals surface area contributed by atoms with Crippen LogP contribution in [0.1, 0.15) is 16.1 Å². The summed E-state index contributed by atoms with van der Waals surface area (Å²) in [5.41, 5.74) is 4.95. The lowest BCUT2D eigenvalue weighted by Crippen LogP contribution is -2.43. The predicted octanol–water partition coefficient (Wildman–Crippen LogP) is 1.07. The standard InChI is InChI=1S/C18H16N2O7/c21-16(19-20-18(23)14-2-1-7-24-14)11-27-17(22)6-4-12-3-5-13-15(10-12)26-9-8-25-13/h1-7,10H,8-9,11H2,(H,19,21)(H,20,23)/b6-4+. The van der Waals surface area contributed by atoms with E-state index in [-0.39, 0.29) is 5.76 Å². The molecule has 0 atom stereocenters. The van der Waals surface area contributed by atoms with E-state index in [4.69, 9.17) is 18.6 Å². The Morgan fingerprint density at radius 2 is 1.89 bits per heavy atom. The number of esters is 1. The number of nitrogens with one attached hydrogen (secondary N) is 2. The Labute approximate surface area is 153 Å². The Balaban J connectivity index is 1.42. The quantitative estimate of drug-likeness (QED) is 0.458. The molecule has 0 saturated carbocycles. The first-order chi connectivity index (χ1) is 13.1. The molecule has 0 aliphatic carbocycles. The van der Waals surface area contributed by atoms with E-state index in [9.17, 15) is 14.4 Å². The third-order valence-corrected chi connectivity index (χ3v) is 3.38. The van der Waals surface area contributed by atoms with E-state index < -0.39 is 24.4 Å². The van der Waals surface area contributed by atoms with Gasteiger partial charge < -0.3 is 18.6 Å². The summed E-state index contributed by atoms with van der Waals surface area (Å²) in [6.07, 6.45) is 4.03. The molecule has 1 aromatic heterocycles. The number of benzene rings is 1. The van der Waals surface area contributed by atoms with Crippen LogP contribution in [0.5, 0.6) is 11.5 Å². The minimum atomic E-state index is -0.711. The number of ether oxygens (including phenoxy) is 3. The molecule has 2 aromatic rings. The van der Waals surface area contributed by atoms with E-state index in [1.54, 1.807) is 18.2 Å². The highest BCUT2D eigenvalue weighted by Gasteiger charge is 2.12. The van der Waals surface area contributed by atoms with Crippen LogP contribution in [0.4, 0.5) is 0 Å². The lowest BCUT2D eigenvalue weighted by atomic mass is 10.2. The Kier molecular flexibility index (Phi) is 5.73. The van der Waals surface area contributed by atoms with Gasteiger partial charge in [0.25, 0.3) is 5.91 Å². The van der Waals surface area contributed by atoms with Gasteiger partial charge in [0.2, 0.25) is 0 Å². The second kappa shape index (κ2) is 8.56. The van der Waals surface area contributed by atoms with Crippen molar-refractivity contribution in [2.45, 2.75) is 0 Å². The van der Waals surface area contributed by atoms with Crippen molar-refractivity contribution in [2.24, 2.45) is 0 Å². The zero-order valence-corrected chi connectivity index (χ0v) is 14.1. The summed E-state index contributed by atoms with van der Waals surface area (Å²) in [5, 5.41) is 0. The van der Waals surface area contributed by atoms with Gasteiger partial charge in [-0.05, 0) is 35.9 Å². The van der Waals surface area contributed by atoms with E-state index >= 15 is 0 Å². The average Bonchev–Trinajstić information content (AvgIpc) is 3.23. The van der Waals surface area contributed by atoms with Crippen molar-refractivity contribution in [3.05, 3.63) is 54.0 Å².